The van der Waals surface area contributed by atoms with Crippen molar-refractivity contribution in [2.75, 3.05) is 5.32 Å². The maximum Gasteiger partial charge on any atom is 0.267 e. The van der Waals surface area contributed by atoms with Crippen LogP contribution in [0.5, 0.6) is 0 Å². The van der Waals surface area contributed by atoms with Gasteiger partial charge in [0.1, 0.15) is 4.88 Å². The lowest BCUT2D eigenvalue weighted by molar-refractivity contribution is 0.103. The zero-order valence-electron chi connectivity index (χ0n) is 10.2. The van der Waals surface area contributed by atoms with Crippen molar-refractivity contribution in [3.8, 4) is 0 Å². The summed E-state index contributed by atoms with van der Waals surface area (Å²) in [4.78, 5) is 12.3. The Hall–Kier alpha value is -1.41. The van der Waals surface area contributed by atoms with Crippen molar-refractivity contribution >= 4 is 44.6 Å². The molecule has 0 unspecified atom stereocenters. The van der Waals surface area contributed by atoms with Gasteiger partial charge in [0.2, 0.25) is 10.0 Å². The number of hydrogen-bond acceptors (Lipinski definition) is 4. The molecule has 0 spiro atoms. The van der Waals surface area contributed by atoms with Gasteiger partial charge < -0.3 is 5.32 Å². The summed E-state index contributed by atoms with van der Waals surface area (Å²) in [5.41, 5.74) is 1.11. The van der Waals surface area contributed by atoms with E-state index in [1.54, 1.807) is 35.7 Å². The summed E-state index contributed by atoms with van der Waals surface area (Å²) in [5.74, 6) is -0.540. The first-order chi connectivity index (χ1) is 9.35. The normalized spacial score (nSPS) is 11.3. The minimum atomic E-state index is -3.56. The van der Waals surface area contributed by atoms with Gasteiger partial charge in [0.15, 0.2) is 0 Å². The Morgan fingerprint density at radius 1 is 1.25 bits per heavy atom. The number of anilines is 1. The molecule has 106 valence electrons. The smallest absolute Gasteiger partial charge is 0.267 e. The summed E-state index contributed by atoms with van der Waals surface area (Å²) in [6.07, 6.45) is 0. The minimum absolute atomic E-state index is 0.238. The number of thiophene rings is 1. The highest BCUT2D eigenvalue weighted by atomic mass is 35.5. The van der Waals surface area contributed by atoms with Gasteiger partial charge in [0.05, 0.1) is 10.8 Å². The van der Waals surface area contributed by atoms with Gasteiger partial charge in [-0.1, -0.05) is 23.7 Å². The Morgan fingerprint density at radius 3 is 2.40 bits per heavy atom. The van der Waals surface area contributed by atoms with Gasteiger partial charge in [-0.3, -0.25) is 4.79 Å². The standard InChI is InChI=1S/C12H11ClN2O3S2/c13-10-5-6-19-11(10)12(16)15-9-3-1-8(2-4-9)7-20(14,17)18/h1-6H,7H2,(H,15,16)(H2,14,17,18). The number of hydrogen-bond donors (Lipinski definition) is 2. The average molecular weight is 331 g/mol. The monoisotopic (exact) mass is 330 g/mol. The topological polar surface area (TPSA) is 89.3 Å². The van der Waals surface area contributed by atoms with Crippen molar-refractivity contribution in [1.29, 1.82) is 0 Å². The summed E-state index contributed by atoms with van der Waals surface area (Å²) in [6.45, 7) is 0. The molecule has 8 heteroatoms. The molecule has 0 atom stereocenters. The molecule has 5 nitrogen and oxygen atoms in total. The lowest BCUT2D eigenvalue weighted by Gasteiger charge is -2.05. The zero-order chi connectivity index (χ0) is 14.8. The summed E-state index contributed by atoms with van der Waals surface area (Å²) in [5, 5.41) is 9.77. The Labute approximate surface area is 125 Å². The quantitative estimate of drug-likeness (QED) is 0.902. The maximum absolute atomic E-state index is 11.9. The van der Waals surface area contributed by atoms with Crippen LogP contribution >= 0.6 is 22.9 Å². The summed E-state index contributed by atoms with van der Waals surface area (Å²) < 4.78 is 21.9. The third kappa shape index (κ3) is 4.04. The predicted octanol–water partition coefficient (Wildman–Crippen LogP) is 2.44. The van der Waals surface area contributed by atoms with Crippen molar-refractivity contribution in [3.63, 3.8) is 0 Å². The fourth-order valence-electron chi connectivity index (χ4n) is 1.56. The van der Waals surface area contributed by atoms with Crippen molar-refractivity contribution in [2.24, 2.45) is 5.14 Å². The van der Waals surface area contributed by atoms with E-state index >= 15 is 0 Å². The number of benzene rings is 1. The van der Waals surface area contributed by atoms with Crippen molar-refractivity contribution in [1.82, 2.24) is 0 Å². The molecule has 0 aliphatic rings. The molecule has 2 rings (SSSR count). The van der Waals surface area contributed by atoms with Gasteiger partial charge in [0, 0.05) is 5.69 Å². The zero-order valence-corrected chi connectivity index (χ0v) is 12.6. The van der Waals surface area contributed by atoms with Crippen LogP contribution in [0.15, 0.2) is 35.7 Å². The van der Waals surface area contributed by atoms with Gasteiger partial charge in [-0.05, 0) is 29.1 Å². The van der Waals surface area contributed by atoms with E-state index in [-0.39, 0.29) is 11.7 Å². The molecule has 2 aromatic rings. The van der Waals surface area contributed by atoms with Crippen LogP contribution in [0.4, 0.5) is 5.69 Å². The highest BCUT2D eigenvalue weighted by molar-refractivity contribution is 7.88. The second-order valence-corrected chi connectivity index (χ2v) is 6.99. The average Bonchev–Trinajstić information content (AvgIpc) is 2.76. The highest BCUT2D eigenvalue weighted by Crippen LogP contribution is 2.23. The number of carbonyl (C=O) groups excluding carboxylic acids is 1. The number of nitrogens with two attached hydrogens (primary N) is 1. The van der Waals surface area contributed by atoms with E-state index in [2.05, 4.69) is 5.32 Å². The molecule has 0 radical (unpaired) electrons. The first-order valence-electron chi connectivity index (χ1n) is 5.49. The Bertz CT molecular complexity index is 723. The number of sulfonamides is 1. The number of carbonyl (C=O) groups is 1. The van der Waals surface area contributed by atoms with Crippen molar-refractivity contribution < 1.29 is 13.2 Å². The number of nitrogens with one attached hydrogen (secondary N) is 1. The largest absolute Gasteiger partial charge is 0.321 e. The second kappa shape index (κ2) is 5.92. The fraction of sp³-hybridized carbons (Fsp3) is 0.0833. The van der Waals surface area contributed by atoms with E-state index in [0.29, 0.717) is 21.2 Å². The highest BCUT2D eigenvalue weighted by Gasteiger charge is 2.12. The van der Waals surface area contributed by atoms with Crippen molar-refractivity contribution in [3.05, 3.63) is 51.2 Å². The van der Waals surface area contributed by atoms with E-state index in [0.717, 1.165) is 0 Å². The molecule has 0 saturated carbocycles. The maximum atomic E-state index is 11.9. The van der Waals surface area contributed by atoms with Crippen LogP contribution in [-0.4, -0.2) is 14.3 Å². The molecule has 1 amide bonds. The number of rotatable bonds is 4. The number of halogens is 1. The fourth-order valence-corrected chi connectivity index (χ4v) is 3.25. The van der Waals surface area contributed by atoms with Crippen LogP contribution < -0.4 is 10.5 Å². The summed E-state index contributed by atoms with van der Waals surface area (Å²) in [7, 11) is -3.56. The Kier molecular flexibility index (Phi) is 4.44. The van der Waals surface area contributed by atoms with Gasteiger partial charge >= 0.3 is 0 Å². The number of amides is 1. The Morgan fingerprint density at radius 2 is 1.90 bits per heavy atom. The predicted molar refractivity (Wildman–Crippen MR) is 80.5 cm³/mol. The molecule has 0 fully saturated rings. The SMILES string of the molecule is NS(=O)(=O)Cc1ccc(NC(=O)c2sccc2Cl)cc1. The molecule has 0 aliphatic heterocycles. The van der Waals surface area contributed by atoms with E-state index in [4.69, 9.17) is 16.7 Å². The van der Waals surface area contributed by atoms with E-state index in [1.165, 1.54) is 11.3 Å². The van der Waals surface area contributed by atoms with Crippen LogP contribution in [0.2, 0.25) is 5.02 Å². The molecule has 0 aliphatic carbocycles. The molecule has 20 heavy (non-hydrogen) atoms. The van der Waals surface area contributed by atoms with E-state index in [1.807, 2.05) is 0 Å². The van der Waals surface area contributed by atoms with Gasteiger partial charge in [-0.25, -0.2) is 13.6 Å². The van der Waals surface area contributed by atoms with Crippen LogP contribution in [0.1, 0.15) is 15.2 Å². The van der Waals surface area contributed by atoms with Crippen LogP contribution in [0, 0.1) is 0 Å². The second-order valence-electron chi connectivity index (χ2n) is 4.06. The number of primary sulfonamides is 1. The molecule has 0 saturated heterocycles. The Balaban J connectivity index is 2.08. The van der Waals surface area contributed by atoms with Gasteiger partial charge in [-0.15, -0.1) is 11.3 Å². The van der Waals surface area contributed by atoms with Gasteiger partial charge in [0.25, 0.3) is 5.91 Å². The van der Waals surface area contributed by atoms with E-state index in [9.17, 15) is 13.2 Å². The third-order valence-corrected chi connectivity index (χ3v) is 4.48. The molecule has 1 heterocycles. The molecule has 1 aromatic heterocycles. The van der Waals surface area contributed by atoms with Crippen LogP contribution in [0.3, 0.4) is 0 Å². The molecule has 0 bridgehead atoms. The van der Waals surface area contributed by atoms with Crippen LogP contribution in [0.25, 0.3) is 0 Å². The first kappa shape index (κ1) is 15.0. The van der Waals surface area contributed by atoms with Crippen LogP contribution in [-0.2, 0) is 15.8 Å². The van der Waals surface area contributed by atoms with Gasteiger partial charge in [-0.2, -0.15) is 0 Å². The van der Waals surface area contributed by atoms with Crippen molar-refractivity contribution in [2.45, 2.75) is 5.75 Å². The first-order valence-corrected chi connectivity index (χ1v) is 8.46. The molecule has 3 N–H and O–H groups in total. The lowest BCUT2D eigenvalue weighted by atomic mass is 10.2. The van der Waals surface area contributed by atoms with E-state index < -0.39 is 10.0 Å². The minimum Gasteiger partial charge on any atom is -0.321 e. The summed E-state index contributed by atoms with van der Waals surface area (Å²) in [6, 6.07) is 8.06. The molecular weight excluding hydrogens is 320 g/mol. The molecular formula is C12H11ClN2O3S2. The summed E-state index contributed by atoms with van der Waals surface area (Å²) >= 11 is 7.12. The lowest BCUT2D eigenvalue weighted by Crippen LogP contribution is -2.14. The molecule has 1 aromatic carbocycles. The third-order valence-electron chi connectivity index (χ3n) is 2.40.